The molecule has 2 N–H and O–H groups in total. The molecule has 1 aliphatic rings. The monoisotopic (exact) mass is 360 g/mol. The second-order valence-electron chi connectivity index (χ2n) is 4.13. The van der Waals surface area contributed by atoms with Crippen LogP contribution in [0.3, 0.4) is 0 Å². The SMILES string of the molecule is O=C(NCC1CCCN1)c1cc(Br)ccc1Br. The number of rotatable bonds is 3. The summed E-state index contributed by atoms with van der Waals surface area (Å²) < 4.78 is 1.72. The van der Waals surface area contributed by atoms with E-state index in [9.17, 15) is 4.79 Å². The fourth-order valence-corrected chi connectivity index (χ4v) is 2.70. The quantitative estimate of drug-likeness (QED) is 0.869. The van der Waals surface area contributed by atoms with Gasteiger partial charge in [0.1, 0.15) is 0 Å². The van der Waals surface area contributed by atoms with Crippen LogP contribution in [0.2, 0.25) is 0 Å². The lowest BCUT2D eigenvalue weighted by Crippen LogP contribution is -2.37. The van der Waals surface area contributed by atoms with Gasteiger partial charge in [0.2, 0.25) is 0 Å². The predicted molar refractivity (Wildman–Crippen MR) is 75.2 cm³/mol. The largest absolute Gasteiger partial charge is 0.350 e. The summed E-state index contributed by atoms with van der Waals surface area (Å²) in [7, 11) is 0. The zero-order valence-corrected chi connectivity index (χ0v) is 12.5. The van der Waals surface area contributed by atoms with Crippen LogP contribution < -0.4 is 10.6 Å². The van der Waals surface area contributed by atoms with E-state index in [1.165, 1.54) is 6.42 Å². The summed E-state index contributed by atoms with van der Waals surface area (Å²) in [6.45, 7) is 1.75. The average molecular weight is 362 g/mol. The Morgan fingerprint density at radius 3 is 3.00 bits per heavy atom. The third kappa shape index (κ3) is 3.53. The Hall–Kier alpha value is -0.390. The topological polar surface area (TPSA) is 41.1 Å². The van der Waals surface area contributed by atoms with E-state index in [-0.39, 0.29) is 5.91 Å². The van der Waals surface area contributed by atoms with Crippen molar-refractivity contribution in [3.8, 4) is 0 Å². The Morgan fingerprint density at radius 1 is 1.47 bits per heavy atom. The maximum absolute atomic E-state index is 12.0. The highest BCUT2D eigenvalue weighted by Crippen LogP contribution is 2.21. The molecule has 1 aromatic carbocycles. The van der Waals surface area contributed by atoms with E-state index in [1.807, 2.05) is 18.2 Å². The van der Waals surface area contributed by atoms with Crippen molar-refractivity contribution in [1.82, 2.24) is 10.6 Å². The number of carbonyl (C=O) groups excluding carboxylic acids is 1. The number of nitrogens with one attached hydrogen (secondary N) is 2. The molecule has 92 valence electrons. The minimum Gasteiger partial charge on any atom is -0.350 e. The molecule has 0 radical (unpaired) electrons. The molecule has 0 bridgehead atoms. The van der Waals surface area contributed by atoms with Gasteiger partial charge in [-0.15, -0.1) is 0 Å². The van der Waals surface area contributed by atoms with E-state index in [1.54, 1.807) is 0 Å². The summed E-state index contributed by atoms with van der Waals surface area (Å²) in [5.74, 6) is -0.0353. The van der Waals surface area contributed by atoms with Gasteiger partial charge in [-0.25, -0.2) is 0 Å². The lowest BCUT2D eigenvalue weighted by Gasteiger charge is -2.12. The molecule has 0 aliphatic carbocycles. The third-order valence-electron chi connectivity index (χ3n) is 2.84. The van der Waals surface area contributed by atoms with Crippen molar-refractivity contribution >= 4 is 37.8 Å². The molecule has 1 unspecified atom stereocenters. The first kappa shape index (κ1) is 13.1. The molecule has 1 atom stereocenters. The molecule has 17 heavy (non-hydrogen) atoms. The van der Waals surface area contributed by atoms with Crippen molar-refractivity contribution in [3.05, 3.63) is 32.7 Å². The molecule has 1 heterocycles. The predicted octanol–water partition coefficient (Wildman–Crippen LogP) is 2.69. The Balaban J connectivity index is 1.96. The van der Waals surface area contributed by atoms with Gasteiger partial charge in [-0.3, -0.25) is 4.79 Å². The standard InChI is InChI=1S/C12H14Br2N2O/c13-8-3-4-11(14)10(6-8)12(17)16-7-9-2-1-5-15-9/h3-4,6,9,15H,1-2,5,7H2,(H,16,17). The maximum Gasteiger partial charge on any atom is 0.252 e. The van der Waals surface area contributed by atoms with Crippen molar-refractivity contribution in [2.24, 2.45) is 0 Å². The summed E-state index contributed by atoms with van der Waals surface area (Å²) in [6.07, 6.45) is 2.33. The Labute approximate surface area is 118 Å². The second kappa shape index (κ2) is 5.98. The number of amides is 1. The van der Waals surface area contributed by atoms with Crippen LogP contribution in [0, 0.1) is 0 Å². The zero-order chi connectivity index (χ0) is 12.3. The van der Waals surface area contributed by atoms with Crippen LogP contribution in [0.4, 0.5) is 0 Å². The zero-order valence-electron chi connectivity index (χ0n) is 9.30. The smallest absolute Gasteiger partial charge is 0.252 e. The van der Waals surface area contributed by atoms with Gasteiger partial charge < -0.3 is 10.6 Å². The van der Waals surface area contributed by atoms with Gasteiger partial charge >= 0.3 is 0 Å². The molecule has 1 saturated heterocycles. The minimum absolute atomic E-state index is 0.0353. The first-order valence-corrected chi connectivity index (χ1v) is 7.22. The lowest BCUT2D eigenvalue weighted by molar-refractivity contribution is 0.0949. The van der Waals surface area contributed by atoms with Crippen LogP contribution in [0.25, 0.3) is 0 Å². The highest BCUT2D eigenvalue weighted by molar-refractivity contribution is 9.11. The second-order valence-corrected chi connectivity index (χ2v) is 5.90. The molecule has 2 rings (SSSR count). The van der Waals surface area contributed by atoms with Crippen molar-refractivity contribution in [2.75, 3.05) is 13.1 Å². The fraction of sp³-hybridized carbons (Fsp3) is 0.417. The average Bonchev–Trinajstić information content (AvgIpc) is 2.82. The summed E-state index contributed by atoms with van der Waals surface area (Å²) in [6, 6.07) is 6.01. The van der Waals surface area contributed by atoms with Crippen LogP contribution in [0.15, 0.2) is 27.1 Å². The van der Waals surface area contributed by atoms with E-state index >= 15 is 0 Å². The fourth-order valence-electron chi connectivity index (χ4n) is 1.91. The van der Waals surface area contributed by atoms with E-state index in [0.29, 0.717) is 18.2 Å². The third-order valence-corrected chi connectivity index (χ3v) is 4.03. The van der Waals surface area contributed by atoms with Gasteiger partial charge in [-0.2, -0.15) is 0 Å². The van der Waals surface area contributed by atoms with Gasteiger partial charge in [0.15, 0.2) is 0 Å². The van der Waals surface area contributed by atoms with Gasteiger partial charge in [0.05, 0.1) is 5.56 Å². The van der Waals surface area contributed by atoms with Crippen molar-refractivity contribution < 1.29 is 4.79 Å². The maximum atomic E-state index is 12.0. The molecule has 1 fully saturated rings. The molecule has 1 amide bonds. The molecular weight excluding hydrogens is 348 g/mol. The molecular formula is C12H14Br2N2O. The lowest BCUT2D eigenvalue weighted by atomic mass is 10.2. The highest BCUT2D eigenvalue weighted by Gasteiger charge is 2.16. The van der Waals surface area contributed by atoms with Crippen LogP contribution in [0.1, 0.15) is 23.2 Å². The Bertz CT molecular complexity index is 417. The van der Waals surface area contributed by atoms with Gasteiger partial charge in [0, 0.05) is 21.5 Å². The van der Waals surface area contributed by atoms with Crippen LogP contribution >= 0.6 is 31.9 Å². The number of hydrogen-bond donors (Lipinski definition) is 2. The molecule has 3 nitrogen and oxygen atoms in total. The van der Waals surface area contributed by atoms with E-state index < -0.39 is 0 Å². The van der Waals surface area contributed by atoms with E-state index in [2.05, 4.69) is 42.5 Å². The Morgan fingerprint density at radius 2 is 2.29 bits per heavy atom. The number of carbonyl (C=O) groups is 1. The minimum atomic E-state index is -0.0353. The molecule has 0 spiro atoms. The van der Waals surface area contributed by atoms with Gasteiger partial charge in [-0.05, 0) is 53.5 Å². The highest BCUT2D eigenvalue weighted by atomic mass is 79.9. The molecule has 5 heteroatoms. The van der Waals surface area contributed by atoms with Crippen LogP contribution in [0.5, 0.6) is 0 Å². The number of hydrogen-bond acceptors (Lipinski definition) is 2. The normalized spacial score (nSPS) is 19.3. The van der Waals surface area contributed by atoms with E-state index in [4.69, 9.17) is 0 Å². The number of halogens is 2. The Kier molecular flexibility index (Phi) is 4.59. The summed E-state index contributed by atoms with van der Waals surface area (Å²) in [5.41, 5.74) is 0.664. The van der Waals surface area contributed by atoms with E-state index in [0.717, 1.165) is 21.9 Å². The van der Waals surface area contributed by atoms with Crippen molar-refractivity contribution in [1.29, 1.82) is 0 Å². The van der Waals surface area contributed by atoms with Crippen LogP contribution in [-0.2, 0) is 0 Å². The molecule has 1 aliphatic heterocycles. The molecule has 0 aromatic heterocycles. The van der Waals surface area contributed by atoms with Crippen molar-refractivity contribution in [2.45, 2.75) is 18.9 Å². The first-order chi connectivity index (χ1) is 8.16. The van der Waals surface area contributed by atoms with Crippen molar-refractivity contribution in [3.63, 3.8) is 0 Å². The number of benzene rings is 1. The molecule has 0 saturated carbocycles. The first-order valence-electron chi connectivity index (χ1n) is 5.63. The van der Waals surface area contributed by atoms with Gasteiger partial charge in [-0.1, -0.05) is 15.9 Å². The van der Waals surface area contributed by atoms with Gasteiger partial charge in [0.25, 0.3) is 5.91 Å². The summed E-state index contributed by atoms with van der Waals surface area (Å²) >= 11 is 6.76. The summed E-state index contributed by atoms with van der Waals surface area (Å²) in [5, 5.41) is 6.31. The van der Waals surface area contributed by atoms with Crippen LogP contribution in [-0.4, -0.2) is 25.0 Å². The molecule has 1 aromatic rings. The summed E-state index contributed by atoms with van der Waals surface area (Å²) in [4.78, 5) is 12.0.